The van der Waals surface area contributed by atoms with Gasteiger partial charge in [-0.2, -0.15) is 0 Å². The number of aryl methyl sites for hydroxylation is 2. The summed E-state index contributed by atoms with van der Waals surface area (Å²) >= 11 is 1.71. The van der Waals surface area contributed by atoms with Crippen LogP contribution in [0.1, 0.15) is 24.5 Å². The Morgan fingerprint density at radius 1 is 1.35 bits per heavy atom. The smallest absolute Gasteiger partial charge is 0.0867 e. The van der Waals surface area contributed by atoms with E-state index in [4.69, 9.17) is 4.74 Å². The van der Waals surface area contributed by atoms with Crippen molar-refractivity contribution in [2.24, 2.45) is 0 Å². The molecule has 17 heavy (non-hydrogen) atoms. The van der Waals surface area contributed by atoms with Crippen LogP contribution < -0.4 is 0 Å². The monoisotopic (exact) mass is 252 g/mol. The van der Waals surface area contributed by atoms with E-state index in [-0.39, 0.29) is 6.10 Å². The number of aliphatic hydroxyl groups excluding tert-OH is 1. The first kappa shape index (κ1) is 12.9. The Morgan fingerprint density at radius 3 is 3.00 bits per heavy atom. The topological polar surface area (TPSA) is 29.5 Å². The molecule has 0 heterocycles. The third-order valence-electron chi connectivity index (χ3n) is 3.03. The first-order valence-corrected chi connectivity index (χ1v) is 7.28. The van der Waals surface area contributed by atoms with Gasteiger partial charge in [0.1, 0.15) is 0 Å². The highest BCUT2D eigenvalue weighted by molar-refractivity contribution is 7.99. The van der Waals surface area contributed by atoms with E-state index in [0.717, 1.165) is 0 Å². The highest BCUT2D eigenvalue weighted by Gasteiger charge is 2.11. The number of fused-ring (bicyclic) bond motifs is 1. The van der Waals surface area contributed by atoms with E-state index < -0.39 is 0 Å². The minimum atomic E-state index is -0.367. The van der Waals surface area contributed by atoms with E-state index >= 15 is 0 Å². The van der Waals surface area contributed by atoms with Crippen LogP contribution in [-0.2, 0) is 17.6 Å². The fourth-order valence-electron chi connectivity index (χ4n) is 2.13. The Bertz CT molecular complexity index is 365. The highest BCUT2D eigenvalue weighted by atomic mass is 32.2. The molecule has 0 amide bonds. The molecule has 1 N–H and O–H groups in total. The van der Waals surface area contributed by atoms with Gasteiger partial charge in [0.25, 0.3) is 0 Å². The number of rotatable bonds is 6. The van der Waals surface area contributed by atoms with E-state index in [9.17, 15) is 5.11 Å². The van der Waals surface area contributed by atoms with Gasteiger partial charge in [-0.3, -0.25) is 0 Å². The molecular formula is C14H20O2S. The lowest BCUT2D eigenvalue weighted by Gasteiger charge is -2.10. The van der Waals surface area contributed by atoms with Crippen molar-refractivity contribution in [2.75, 3.05) is 19.0 Å². The van der Waals surface area contributed by atoms with E-state index in [2.05, 4.69) is 18.2 Å². The van der Waals surface area contributed by atoms with Gasteiger partial charge in [0.15, 0.2) is 0 Å². The number of thioether (sulfide) groups is 1. The molecule has 0 fully saturated rings. The molecule has 0 radical (unpaired) electrons. The number of aliphatic hydroxyl groups is 1. The van der Waals surface area contributed by atoms with Crippen LogP contribution in [0.2, 0.25) is 0 Å². The van der Waals surface area contributed by atoms with Gasteiger partial charge in [0.05, 0.1) is 12.7 Å². The van der Waals surface area contributed by atoms with Crippen LogP contribution >= 0.6 is 11.8 Å². The average Bonchev–Trinajstić information content (AvgIpc) is 2.81. The third-order valence-corrected chi connectivity index (χ3v) is 4.17. The fourth-order valence-corrected chi connectivity index (χ4v) is 3.00. The summed E-state index contributed by atoms with van der Waals surface area (Å²) in [5, 5.41) is 9.69. The molecule has 0 saturated heterocycles. The summed E-state index contributed by atoms with van der Waals surface area (Å²) in [4.78, 5) is 1.26. The van der Waals surface area contributed by atoms with Crippen molar-refractivity contribution < 1.29 is 9.84 Å². The summed E-state index contributed by atoms with van der Waals surface area (Å²) in [5.41, 5.74) is 3.00. The SMILES string of the molecule is CCOCC(O)CSc1ccc2c(c1)CCC2. The first-order chi connectivity index (χ1) is 8.29. The minimum Gasteiger partial charge on any atom is -0.390 e. The zero-order valence-corrected chi connectivity index (χ0v) is 11.1. The van der Waals surface area contributed by atoms with Crippen molar-refractivity contribution in [3.05, 3.63) is 29.3 Å². The maximum absolute atomic E-state index is 9.69. The van der Waals surface area contributed by atoms with Gasteiger partial charge in [-0.15, -0.1) is 11.8 Å². The summed E-state index contributed by atoms with van der Waals surface area (Å²) in [7, 11) is 0. The van der Waals surface area contributed by atoms with Crippen molar-refractivity contribution in [1.82, 2.24) is 0 Å². The Morgan fingerprint density at radius 2 is 2.18 bits per heavy atom. The lowest BCUT2D eigenvalue weighted by Crippen LogP contribution is -2.17. The zero-order valence-electron chi connectivity index (χ0n) is 10.3. The van der Waals surface area contributed by atoms with Crippen LogP contribution in [0.4, 0.5) is 0 Å². The third kappa shape index (κ3) is 3.73. The quantitative estimate of drug-likeness (QED) is 0.789. The van der Waals surface area contributed by atoms with E-state index in [1.165, 1.54) is 35.3 Å². The molecule has 0 aromatic heterocycles. The first-order valence-electron chi connectivity index (χ1n) is 6.30. The van der Waals surface area contributed by atoms with Crippen LogP contribution in [0.25, 0.3) is 0 Å². The molecule has 0 bridgehead atoms. The standard InChI is InChI=1S/C14H20O2S/c1-2-16-9-13(15)10-17-14-7-6-11-4-3-5-12(11)8-14/h6-8,13,15H,2-5,9-10H2,1H3. The number of hydrogen-bond acceptors (Lipinski definition) is 3. The van der Waals surface area contributed by atoms with E-state index in [1.807, 2.05) is 6.92 Å². The molecule has 0 spiro atoms. The molecule has 0 saturated carbocycles. The van der Waals surface area contributed by atoms with Crippen LogP contribution in [-0.4, -0.2) is 30.2 Å². The normalized spacial score (nSPS) is 15.9. The van der Waals surface area contributed by atoms with Crippen LogP contribution in [0, 0.1) is 0 Å². The molecule has 2 rings (SSSR count). The van der Waals surface area contributed by atoms with Gasteiger partial charge in [-0.1, -0.05) is 6.07 Å². The largest absolute Gasteiger partial charge is 0.390 e. The number of ether oxygens (including phenoxy) is 1. The van der Waals surface area contributed by atoms with Crippen molar-refractivity contribution in [1.29, 1.82) is 0 Å². The molecule has 1 unspecified atom stereocenters. The molecule has 1 aromatic rings. The average molecular weight is 252 g/mol. The van der Waals surface area contributed by atoms with Gasteiger partial charge in [0, 0.05) is 17.3 Å². The van der Waals surface area contributed by atoms with Crippen molar-refractivity contribution in [3.8, 4) is 0 Å². The van der Waals surface area contributed by atoms with Crippen molar-refractivity contribution >= 4 is 11.8 Å². The van der Waals surface area contributed by atoms with Crippen LogP contribution in [0.5, 0.6) is 0 Å². The van der Waals surface area contributed by atoms with E-state index in [0.29, 0.717) is 19.0 Å². The summed E-state index contributed by atoms with van der Waals surface area (Å²) in [5.74, 6) is 0.707. The lowest BCUT2D eigenvalue weighted by molar-refractivity contribution is 0.0551. The van der Waals surface area contributed by atoms with Crippen LogP contribution in [0.3, 0.4) is 0 Å². The molecule has 2 nitrogen and oxygen atoms in total. The molecule has 0 aliphatic heterocycles. The molecule has 1 aliphatic carbocycles. The van der Waals surface area contributed by atoms with Gasteiger partial charge >= 0.3 is 0 Å². The summed E-state index contributed by atoms with van der Waals surface area (Å²) < 4.78 is 5.19. The molecule has 1 aliphatic rings. The summed E-state index contributed by atoms with van der Waals surface area (Å²) in [6, 6.07) is 6.68. The molecule has 1 atom stereocenters. The van der Waals surface area contributed by atoms with Crippen molar-refractivity contribution in [2.45, 2.75) is 37.2 Å². The molecule has 1 aromatic carbocycles. The molecular weight excluding hydrogens is 232 g/mol. The zero-order chi connectivity index (χ0) is 12.1. The predicted octanol–water partition coefficient (Wildman–Crippen LogP) is 2.66. The Balaban J connectivity index is 1.83. The maximum atomic E-state index is 9.69. The molecule has 94 valence electrons. The summed E-state index contributed by atoms with van der Waals surface area (Å²) in [6.07, 6.45) is 3.36. The summed E-state index contributed by atoms with van der Waals surface area (Å²) in [6.45, 7) is 3.05. The van der Waals surface area contributed by atoms with Gasteiger partial charge in [-0.05, 0) is 49.4 Å². The second kappa shape index (κ2) is 6.43. The van der Waals surface area contributed by atoms with Gasteiger partial charge in [0.2, 0.25) is 0 Å². The Kier molecular flexibility index (Phi) is 4.89. The van der Waals surface area contributed by atoms with Crippen molar-refractivity contribution in [3.63, 3.8) is 0 Å². The Hall–Kier alpha value is -0.510. The van der Waals surface area contributed by atoms with E-state index in [1.54, 1.807) is 11.8 Å². The molecule has 3 heteroatoms. The minimum absolute atomic E-state index is 0.367. The fraction of sp³-hybridized carbons (Fsp3) is 0.571. The highest BCUT2D eigenvalue weighted by Crippen LogP contribution is 2.27. The lowest BCUT2D eigenvalue weighted by atomic mass is 10.1. The second-order valence-electron chi connectivity index (χ2n) is 4.41. The number of benzene rings is 1. The van der Waals surface area contributed by atoms with Gasteiger partial charge < -0.3 is 9.84 Å². The van der Waals surface area contributed by atoms with Gasteiger partial charge in [-0.25, -0.2) is 0 Å². The maximum Gasteiger partial charge on any atom is 0.0867 e. The predicted molar refractivity (Wildman–Crippen MR) is 71.7 cm³/mol. The van der Waals surface area contributed by atoms with Crippen LogP contribution in [0.15, 0.2) is 23.1 Å². The number of hydrogen-bond donors (Lipinski definition) is 1. The Labute approximate surface area is 107 Å². The second-order valence-corrected chi connectivity index (χ2v) is 5.50.